The van der Waals surface area contributed by atoms with E-state index in [1.54, 1.807) is 18.2 Å². The third kappa shape index (κ3) is 6.43. The van der Waals surface area contributed by atoms with Crippen molar-refractivity contribution in [2.45, 2.75) is 26.4 Å². The maximum absolute atomic E-state index is 14.2. The number of rotatable bonds is 10. The van der Waals surface area contributed by atoms with Gasteiger partial charge in [0.15, 0.2) is 0 Å². The monoisotopic (exact) mass is 465 g/mol. The number of hydrogen-bond donors (Lipinski definition) is 1. The van der Waals surface area contributed by atoms with Gasteiger partial charge in [-0.05, 0) is 44.2 Å². The zero-order chi connectivity index (χ0) is 23.9. The Morgan fingerprint density at radius 3 is 2.28 bits per heavy atom. The predicted molar refractivity (Wildman–Crippen MR) is 120 cm³/mol. The Morgan fingerprint density at radius 2 is 1.75 bits per heavy atom. The second kappa shape index (κ2) is 10.9. The van der Waals surface area contributed by atoms with E-state index in [-0.39, 0.29) is 17.8 Å². The first-order valence-electron chi connectivity index (χ1n) is 10.0. The molecule has 0 aliphatic carbocycles. The second-order valence-electron chi connectivity index (χ2n) is 7.10. The number of halogens is 1. The van der Waals surface area contributed by atoms with E-state index in [1.165, 1.54) is 44.3 Å². The van der Waals surface area contributed by atoms with Crippen LogP contribution in [0.3, 0.4) is 0 Å². The minimum absolute atomic E-state index is 0.193. The summed E-state index contributed by atoms with van der Waals surface area (Å²) in [4.78, 5) is 26.6. The molecule has 0 saturated carbocycles. The summed E-state index contributed by atoms with van der Waals surface area (Å²) in [6, 6.07) is 11.2. The molecular formula is C22H28FN3O5S. The molecule has 174 valence electrons. The van der Waals surface area contributed by atoms with E-state index in [1.807, 2.05) is 6.92 Å². The van der Waals surface area contributed by atoms with E-state index < -0.39 is 40.2 Å². The van der Waals surface area contributed by atoms with Gasteiger partial charge < -0.3 is 15.0 Å². The molecule has 0 heterocycles. The van der Waals surface area contributed by atoms with Crippen LogP contribution < -0.4 is 14.4 Å². The maximum Gasteiger partial charge on any atom is 0.244 e. The van der Waals surface area contributed by atoms with Crippen LogP contribution >= 0.6 is 0 Å². The van der Waals surface area contributed by atoms with Gasteiger partial charge in [0.25, 0.3) is 0 Å². The minimum Gasteiger partial charge on any atom is -0.494 e. The highest BCUT2D eigenvalue weighted by Gasteiger charge is 2.30. The topological polar surface area (TPSA) is 96.0 Å². The van der Waals surface area contributed by atoms with E-state index in [9.17, 15) is 22.4 Å². The molecule has 1 N–H and O–H groups in total. The molecule has 0 fully saturated rings. The lowest BCUT2D eigenvalue weighted by atomic mass is 10.1. The summed E-state index contributed by atoms with van der Waals surface area (Å²) in [6.45, 7) is 3.03. The molecule has 0 radical (unpaired) electrons. The highest BCUT2D eigenvalue weighted by atomic mass is 32.2. The number of carbonyl (C=O) groups is 2. The summed E-state index contributed by atoms with van der Waals surface area (Å²) in [5, 5.41) is 2.46. The Hall–Kier alpha value is -3.14. The van der Waals surface area contributed by atoms with E-state index in [0.717, 1.165) is 15.5 Å². The van der Waals surface area contributed by atoms with Crippen LogP contribution in [0.25, 0.3) is 0 Å². The average molecular weight is 466 g/mol. The second-order valence-corrected chi connectivity index (χ2v) is 9.01. The van der Waals surface area contributed by atoms with E-state index >= 15 is 0 Å². The first-order valence-corrected chi connectivity index (χ1v) is 11.9. The van der Waals surface area contributed by atoms with Crippen LogP contribution in [0, 0.1) is 5.82 Å². The Bertz CT molecular complexity index is 1040. The number of nitrogens with one attached hydrogen (secondary N) is 1. The van der Waals surface area contributed by atoms with Crippen molar-refractivity contribution in [3.8, 4) is 5.75 Å². The zero-order valence-electron chi connectivity index (χ0n) is 18.5. The molecule has 0 saturated heterocycles. The van der Waals surface area contributed by atoms with Gasteiger partial charge in [-0.15, -0.1) is 0 Å². The third-order valence-corrected chi connectivity index (χ3v) is 5.97. The van der Waals surface area contributed by atoms with Crippen molar-refractivity contribution in [3.05, 3.63) is 59.9 Å². The van der Waals surface area contributed by atoms with Crippen molar-refractivity contribution in [2.24, 2.45) is 0 Å². The van der Waals surface area contributed by atoms with Crippen LogP contribution in [0.1, 0.15) is 19.4 Å². The summed E-state index contributed by atoms with van der Waals surface area (Å²) >= 11 is 0. The summed E-state index contributed by atoms with van der Waals surface area (Å²) in [5.41, 5.74) is 0.478. The van der Waals surface area contributed by atoms with Gasteiger partial charge in [0.2, 0.25) is 21.8 Å². The first kappa shape index (κ1) is 25.1. The van der Waals surface area contributed by atoms with Crippen molar-refractivity contribution >= 4 is 27.5 Å². The smallest absolute Gasteiger partial charge is 0.244 e. The van der Waals surface area contributed by atoms with Crippen molar-refractivity contribution in [1.29, 1.82) is 0 Å². The lowest BCUT2D eigenvalue weighted by Crippen LogP contribution is -2.50. The number of ether oxygens (including phenoxy) is 1. The number of sulfonamides is 1. The fourth-order valence-electron chi connectivity index (χ4n) is 3.09. The molecule has 2 amide bonds. The van der Waals surface area contributed by atoms with Crippen LogP contribution in [-0.4, -0.2) is 57.6 Å². The molecule has 2 rings (SSSR count). The van der Waals surface area contributed by atoms with Gasteiger partial charge in [-0.1, -0.05) is 18.2 Å². The molecule has 8 nitrogen and oxygen atoms in total. The number of hydrogen-bond acceptors (Lipinski definition) is 5. The van der Waals surface area contributed by atoms with Crippen molar-refractivity contribution in [3.63, 3.8) is 0 Å². The molecule has 0 unspecified atom stereocenters. The standard InChI is InChI=1S/C22H28FN3O5S/c1-5-31-19-12-10-18(11-13-19)26(32(4,29)30)15-21(27)25(16(2)22(28)24-3)14-17-8-6-7-9-20(17)23/h6-13,16H,5,14-15H2,1-4H3,(H,24,28)/t16-/m1/s1. The van der Waals surface area contributed by atoms with E-state index in [0.29, 0.717) is 12.4 Å². The largest absolute Gasteiger partial charge is 0.494 e. The Morgan fingerprint density at radius 1 is 1.12 bits per heavy atom. The lowest BCUT2D eigenvalue weighted by Gasteiger charge is -2.31. The number of anilines is 1. The zero-order valence-corrected chi connectivity index (χ0v) is 19.4. The Kier molecular flexibility index (Phi) is 8.59. The summed E-state index contributed by atoms with van der Waals surface area (Å²) in [5.74, 6) is -1.07. The highest BCUT2D eigenvalue weighted by molar-refractivity contribution is 7.92. The van der Waals surface area contributed by atoms with Crippen molar-refractivity contribution in [1.82, 2.24) is 10.2 Å². The molecule has 0 aliphatic rings. The van der Waals surface area contributed by atoms with Crippen LogP contribution in [0.2, 0.25) is 0 Å². The summed E-state index contributed by atoms with van der Waals surface area (Å²) in [7, 11) is -2.41. The van der Waals surface area contributed by atoms with Crippen LogP contribution in [0.5, 0.6) is 5.75 Å². The lowest BCUT2D eigenvalue weighted by molar-refractivity contribution is -0.139. The number of nitrogens with zero attached hydrogens (tertiary/aromatic N) is 2. The van der Waals surface area contributed by atoms with Crippen LogP contribution in [-0.2, 0) is 26.2 Å². The van der Waals surface area contributed by atoms with Crippen molar-refractivity contribution < 1.29 is 27.1 Å². The molecule has 0 aliphatic heterocycles. The van der Waals surface area contributed by atoms with E-state index in [2.05, 4.69) is 5.32 Å². The molecule has 0 spiro atoms. The normalized spacial score (nSPS) is 12.0. The molecule has 2 aromatic carbocycles. The molecule has 32 heavy (non-hydrogen) atoms. The summed E-state index contributed by atoms with van der Waals surface area (Å²) in [6.07, 6.45) is 0.986. The number of benzene rings is 2. The number of likely N-dealkylation sites (N-methyl/N-ethyl adjacent to an activating group) is 1. The van der Waals surface area contributed by atoms with Gasteiger partial charge in [-0.25, -0.2) is 12.8 Å². The minimum atomic E-state index is -3.83. The van der Waals surface area contributed by atoms with Gasteiger partial charge in [-0.2, -0.15) is 0 Å². The van der Waals surface area contributed by atoms with Gasteiger partial charge >= 0.3 is 0 Å². The molecule has 0 aromatic heterocycles. The molecule has 2 aromatic rings. The fourth-order valence-corrected chi connectivity index (χ4v) is 3.94. The Labute approximate surface area is 188 Å². The molecule has 0 bridgehead atoms. The first-order chi connectivity index (χ1) is 15.1. The van der Waals surface area contributed by atoms with Gasteiger partial charge in [-0.3, -0.25) is 13.9 Å². The average Bonchev–Trinajstić information content (AvgIpc) is 2.76. The van der Waals surface area contributed by atoms with Crippen LogP contribution in [0.4, 0.5) is 10.1 Å². The highest BCUT2D eigenvalue weighted by Crippen LogP contribution is 2.22. The molecular weight excluding hydrogens is 437 g/mol. The fraction of sp³-hybridized carbons (Fsp3) is 0.364. The van der Waals surface area contributed by atoms with Crippen LogP contribution in [0.15, 0.2) is 48.5 Å². The van der Waals surface area contributed by atoms with E-state index in [4.69, 9.17) is 4.74 Å². The summed E-state index contributed by atoms with van der Waals surface area (Å²) < 4.78 is 45.4. The van der Waals surface area contributed by atoms with Gasteiger partial charge in [0.05, 0.1) is 18.6 Å². The maximum atomic E-state index is 14.2. The quantitative estimate of drug-likeness (QED) is 0.580. The van der Waals surface area contributed by atoms with Gasteiger partial charge in [0, 0.05) is 19.2 Å². The predicted octanol–water partition coefficient (Wildman–Crippen LogP) is 2.15. The third-order valence-electron chi connectivity index (χ3n) is 4.83. The Balaban J connectivity index is 2.36. The van der Waals surface area contributed by atoms with Gasteiger partial charge in [0.1, 0.15) is 24.2 Å². The molecule has 10 heteroatoms. The van der Waals surface area contributed by atoms with Crippen molar-refractivity contribution in [2.75, 3.05) is 30.8 Å². The SMILES string of the molecule is CCOc1ccc(N(CC(=O)N(Cc2ccccc2F)[C@H](C)C(=O)NC)S(C)(=O)=O)cc1. The molecule has 1 atom stereocenters. The number of amides is 2. The number of carbonyl (C=O) groups excluding carboxylic acids is 2.